The molecule has 1 aliphatic rings. The Balaban J connectivity index is 1.86. The van der Waals surface area contributed by atoms with Gasteiger partial charge in [0.25, 0.3) is 0 Å². The summed E-state index contributed by atoms with van der Waals surface area (Å²) in [6.07, 6.45) is 22.2. The molecule has 108 valence electrons. The Bertz CT molecular complexity index is 176. The van der Waals surface area contributed by atoms with E-state index in [0.717, 1.165) is 5.41 Å². The lowest BCUT2D eigenvalue weighted by molar-refractivity contribution is 0.192. The predicted octanol–water partition coefficient (Wildman–Crippen LogP) is 6.88. The summed E-state index contributed by atoms with van der Waals surface area (Å²) in [6.45, 7) is 4.84. The molecule has 0 radical (unpaired) electrons. The van der Waals surface area contributed by atoms with Gasteiger partial charge in [-0.2, -0.15) is 0 Å². The molecule has 0 amide bonds. The van der Waals surface area contributed by atoms with Gasteiger partial charge >= 0.3 is 0 Å². The van der Waals surface area contributed by atoms with Crippen LogP contribution in [0.15, 0.2) is 0 Å². The molecule has 0 spiro atoms. The van der Waals surface area contributed by atoms with Crippen LogP contribution < -0.4 is 0 Å². The third-order valence-corrected chi connectivity index (χ3v) is 4.94. The molecule has 0 heteroatoms. The average Bonchev–Trinajstić information content (AvgIpc) is 2.38. The second-order valence-corrected chi connectivity index (χ2v) is 6.95. The van der Waals surface area contributed by atoms with Crippen molar-refractivity contribution in [3.05, 3.63) is 0 Å². The fourth-order valence-electron chi connectivity index (χ4n) is 3.52. The van der Waals surface area contributed by atoms with Crippen LogP contribution in [0.5, 0.6) is 0 Å². The highest BCUT2D eigenvalue weighted by Crippen LogP contribution is 2.39. The molecule has 18 heavy (non-hydrogen) atoms. The van der Waals surface area contributed by atoms with Gasteiger partial charge in [-0.1, -0.05) is 90.9 Å². The summed E-state index contributed by atoms with van der Waals surface area (Å²) in [4.78, 5) is 0. The van der Waals surface area contributed by atoms with Crippen molar-refractivity contribution in [2.45, 2.75) is 110 Å². The quantitative estimate of drug-likeness (QED) is 0.372. The Morgan fingerprint density at radius 2 is 1.17 bits per heavy atom. The van der Waals surface area contributed by atoms with Gasteiger partial charge in [0, 0.05) is 0 Å². The largest absolute Gasteiger partial charge is 0.0654 e. The minimum Gasteiger partial charge on any atom is -0.0654 e. The van der Waals surface area contributed by atoms with E-state index >= 15 is 0 Å². The van der Waals surface area contributed by atoms with E-state index in [-0.39, 0.29) is 0 Å². The maximum atomic E-state index is 2.54. The van der Waals surface area contributed by atoms with Gasteiger partial charge < -0.3 is 0 Å². The molecule has 1 fully saturated rings. The van der Waals surface area contributed by atoms with Gasteiger partial charge in [-0.05, 0) is 24.7 Å². The van der Waals surface area contributed by atoms with E-state index in [4.69, 9.17) is 0 Å². The molecule has 0 heterocycles. The van der Waals surface area contributed by atoms with Crippen LogP contribution in [0.4, 0.5) is 0 Å². The van der Waals surface area contributed by atoms with E-state index in [9.17, 15) is 0 Å². The summed E-state index contributed by atoms with van der Waals surface area (Å²) in [5.41, 5.74) is 0.722. The smallest absolute Gasteiger partial charge is 0.0326 e. The lowest BCUT2D eigenvalue weighted by atomic mass is 9.72. The van der Waals surface area contributed by atoms with Crippen LogP contribution in [0.25, 0.3) is 0 Å². The van der Waals surface area contributed by atoms with Crippen LogP contribution in [0, 0.1) is 5.41 Å². The van der Waals surface area contributed by atoms with E-state index in [1.54, 1.807) is 0 Å². The molecule has 0 aromatic carbocycles. The van der Waals surface area contributed by atoms with Crippen LogP contribution in [0.2, 0.25) is 0 Å². The first-order valence-corrected chi connectivity index (χ1v) is 8.77. The molecule has 1 aliphatic carbocycles. The normalized spacial score (nSPS) is 19.0. The van der Waals surface area contributed by atoms with Crippen molar-refractivity contribution in [2.24, 2.45) is 5.41 Å². The highest BCUT2D eigenvalue weighted by atomic mass is 14.3. The third-order valence-electron chi connectivity index (χ3n) is 4.94. The summed E-state index contributed by atoms with van der Waals surface area (Å²) in [6, 6.07) is 0. The first-order chi connectivity index (χ1) is 8.77. The molecule has 0 aromatic rings. The maximum absolute atomic E-state index is 2.54. The molecule has 0 N–H and O–H groups in total. The lowest BCUT2D eigenvalue weighted by Crippen LogP contribution is -2.19. The van der Waals surface area contributed by atoms with Crippen molar-refractivity contribution >= 4 is 0 Å². The molecule has 0 aromatic heterocycles. The third kappa shape index (κ3) is 7.44. The van der Waals surface area contributed by atoms with Crippen molar-refractivity contribution in [1.29, 1.82) is 0 Å². The molecular weight excluding hydrogens is 216 g/mol. The fraction of sp³-hybridized carbons (Fsp3) is 1.00. The zero-order valence-electron chi connectivity index (χ0n) is 13.1. The molecule has 0 bridgehead atoms. The first-order valence-electron chi connectivity index (χ1n) is 8.77. The van der Waals surface area contributed by atoms with Crippen molar-refractivity contribution in [3.63, 3.8) is 0 Å². The van der Waals surface area contributed by atoms with E-state index < -0.39 is 0 Å². The average molecular weight is 252 g/mol. The molecule has 1 rings (SSSR count). The SMILES string of the molecule is CCCCCCCCCCCC1(C)CCCCC1. The van der Waals surface area contributed by atoms with Crippen LogP contribution in [0.1, 0.15) is 110 Å². The number of hydrogen-bond acceptors (Lipinski definition) is 0. The highest BCUT2D eigenvalue weighted by Gasteiger charge is 2.25. The molecular formula is C18H36. The van der Waals surface area contributed by atoms with Crippen molar-refractivity contribution < 1.29 is 0 Å². The maximum Gasteiger partial charge on any atom is -0.0326 e. The van der Waals surface area contributed by atoms with Gasteiger partial charge in [-0.3, -0.25) is 0 Å². The van der Waals surface area contributed by atoms with E-state index in [1.807, 2.05) is 0 Å². The first kappa shape index (κ1) is 16.1. The number of hydrogen-bond donors (Lipinski definition) is 0. The van der Waals surface area contributed by atoms with Crippen molar-refractivity contribution in [2.75, 3.05) is 0 Å². The van der Waals surface area contributed by atoms with Crippen molar-refractivity contribution in [3.8, 4) is 0 Å². The molecule has 0 saturated heterocycles. The fourth-order valence-corrected chi connectivity index (χ4v) is 3.52. The summed E-state index contributed by atoms with van der Waals surface area (Å²) < 4.78 is 0. The number of rotatable bonds is 10. The summed E-state index contributed by atoms with van der Waals surface area (Å²) in [5.74, 6) is 0. The standard InChI is InChI=1S/C18H36/c1-3-4-5-6-7-8-9-10-12-15-18(2)16-13-11-14-17-18/h3-17H2,1-2H3. The predicted molar refractivity (Wildman–Crippen MR) is 83.0 cm³/mol. The van der Waals surface area contributed by atoms with Crippen LogP contribution in [-0.2, 0) is 0 Å². The molecule has 0 aliphatic heterocycles. The Labute approximate surface area is 116 Å². The van der Waals surface area contributed by atoms with E-state index in [2.05, 4.69) is 13.8 Å². The lowest BCUT2D eigenvalue weighted by Gasteiger charge is -2.33. The topological polar surface area (TPSA) is 0 Å². The summed E-state index contributed by atoms with van der Waals surface area (Å²) >= 11 is 0. The summed E-state index contributed by atoms with van der Waals surface area (Å²) in [5, 5.41) is 0. The zero-order valence-corrected chi connectivity index (χ0v) is 13.1. The number of unbranched alkanes of at least 4 members (excludes halogenated alkanes) is 8. The molecule has 0 unspecified atom stereocenters. The van der Waals surface area contributed by atoms with Gasteiger partial charge in [0.2, 0.25) is 0 Å². The van der Waals surface area contributed by atoms with E-state index in [0.29, 0.717) is 0 Å². The Kier molecular flexibility index (Phi) is 8.80. The van der Waals surface area contributed by atoms with Crippen LogP contribution in [0.3, 0.4) is 0 Å². The monoisotopic (exact) mass is 252 g/mol. The van der Waals surface area contributed by atoms with Crippen LogP contribution >= 0.6 is 0 Å². The Hall–Kier alpha value is 0. The minimum atomic E-state index is 0.722. The van der Waals surface area contributed by atoms with Crippen molar-refractivity contribution in [1.82, 2.24) is 0 Å². The van der Waals surface area contributed by atoms with Gasteiger partial charge in [-0.15, -0.1) is 0 Å². The Morgan fingerprint density at radius 1 is 0.667 bits per heavy atom. The highest BCUT2D eigenvalue weighted by molar-refractivity contribution is 4.78. The van der Waals surface area contributed by atoms with Gasteiger partial charge in [0.1, 0.15) is 0 Å². The Morgan fingerprint density at radius 3 is 1.72 bits per heavy atom. The van der Waals surface area contributed by atoms with E-state index in [1.165, 1.54) is 96.3 Å². The second kappa shape index (κ2) is 9.87. The summed E-state index contributed by atoms with van der Waals surface area (Å²) in [7, 11) is 0. The van der Waals surface area contributed by atoms with Gasteiger partial charge in [0.05, 0.1) is 0 Å². The molecule has 0 atom stereocenters. The molecule has 0 nitrogen and oxygen atoms in total. The van der Waals surface area contributed by atoms with Gasteiger partial charge in [0.15, 0.2) is 0 Å². The van der Waals surface area contributed by atoms with Gasteiger partial charge in [-0.25, -0.2) is 0 Å². The second-order valence-electron chi connectivity index (χ2n) is 6.95. The van der Waals surface area contributed by atoms with Crippen LogP contribution in [-0.4, -0.2) is 0 Å². The zero-order chi connectivity index (χ0) is 13.1. The minimum absolute atomic E-state index is 0.722. The molecule has 1 saturated carbocycles.